The van der Waals surface area contributed by atoms with Crippen molar-refractivity contribution >= 4 is 34.9 Å². The van der Waals surface area contributed by atoms with E-state index in [1.54, 1.807) is 36.9 Å². The molecule has 1 aliphatic rings. The van der Waals surface area contributed by atoms with Gasteiger partial charge in [0.05, 0.1) is 22.4 Å². The van der Waals surface area contributed by atoms with Crippen LogP contribution in [0.5, 0.6) is 0 Å². The fourth-order valence-electron chi connectivity index (χ4n) is 2.52. The van der Waals surface area contributed by atoms with Gasteiger partial charge in [0, 0.05) is 11.6 Å². The number of hydrogen-bond acceptors (Lipinski definition) is 2. The van der Waals surface area contributed by atoms with Crippen molar-refractivity contribution in [1.82, 2.24) is 4.90 Å². The molecular formula is C14H18Cl2N2O2. The average Bonchev–Trinajstić information content (AvgIpc) is 2.82. The molecule has 0 unspecified atom stereocenters. The second kappa shape index (κ2) is 5.80. The minimum atomic E-state index is -0.925. The van der Waals surface area contributed by atoms with Gasteiger partial charge >= 0.3 is 6.03 Å². The molecule has 1 saturated heterocycles. The normalized spacial score (nSPS) is 19.2. The molecule has 0 spiro atoms. The van der Waals surface area contributed by atoms with E-state index >= 15 is 0 Å². The summed E-state index contributed by atoms with van der Waals surface area (Å²) in [6, 6.07) is 4.45. The standard InChI is InChI=1S/C14H18Cl2N2O2/c1-14(2,20)12-4-3-7-18(12)13(19)17-11-8-9(15)5-6-10(11)16/h5-6,8,12,20H,3-4,7H2,1-2H3,(H,17,19)/t12-/m1/s1. The zero-order valence-electron chi connectivity index (χ0n) is 11.5. The van der Waals surface area contributed by atoms with E-state index in [1.807, 2.05) is 0 Å². The molecule has 20 heavy (non-hydrogen) atoms. The number of halogens is 2. The number of aliphatic hydroxyl groups is 1. The Morgan fingerprint density at radius 2 is 2.15 bits per heavy atom. The third kappa shape index (κ3) is 3.37. The smallest absolute Gasteiger partial charge is 0.322 e. The molecule has 2 N–H and O–H groups in total. The van der Waals surface area contributed by atoms with Gasteiger partial charge in [-0.25, -0.2) is 4.79 Å². The second-order valence-corrected chi connectivity index (χ2v) is 6.40. The summed E-state index contributed by atoms with van der Waals surface area (Å²) in [6.07, 6.45) is 1.67. The van der Waals surface area contributed by atoms with E-state index in [2.05, 4.69) is 5.32 Å². The fourth-order valence-corrected chi connectivity index (χ4v) is 2.86. The summed E-state index contributed by atoms with van der Waals surface area (Å²) in [5.74, 6) is 0. The molecule has 0 saturated carbocycles. The highest BCUT2D eigenvalue weighted by Gasteiger charge is 2.38. The Bertz CT molecular complexity index is 514. The fraction of sp³-hybridized carbons (Fsp3) is 0.500. The first-order valence-corrected chi connectivity index (χ1v) is 7.29. The largest absolute Gasteiger partial charge is 0.388 e. The number of anilines is 1. The number of carbonyl (C=O) groups excluding carboxylic acids is 1. The van der Waals surface area contributed by atoms with Crippen molar-refractivity contribution in [3.63, 3.8) is 0 Å². The van der Waals surface area contributed by atoms with Gasteiger partial charge in [-0.3, -0.25) is 0 Å². The minimum absolute atomic E-state index is 0.194. The van der Waals surface area contributed by atoms with Gasteiger partial charge in [-0.05, 0) is 44.9 Å². The zero-order chi connectivity index (χ0) is 14.9. The lowest BCUT2D eigenvalue weighted by atomic mass is 9.97. The molecule has 1 fully saturated rings. The number of nitrogens with one attached hydrogen (secondary N) is 1. The Labute approximate surface area is 128 Å². The van der Waals surface area contributed by atoms with Gasteiger partial charge in [-0.1, -0.05) is 23.2 Å². The molecule has 0 aromatic heterocycles. The van der Waals surface area contributed by atoms with Gasteiger partial charge in [-0.2, -0.15) is 0 Å². The van der Waals surface area contributed by atoms with E-state index in [4.69, 9.17) is 23.2 Å². The van der Waals surface area contributed by atoms with E-state index < -0.39 is 5.60 Å². The van der Waals surface area contributed by atoms with Gasteiger partial charge in [0.15, 0.2) is 0 Å². The predicted molar refractivity (Wildman–Crippen MR) is 81.5 cm³/mol. The number of carbonyl (C=O) groups is 1. The topological polar surface area (TPSA) is 52.6 Å². The molecule has 0 bridgehead atoms. The van der Waals surface area contributed by atoms with Crippen LogP contribution >= 0.6 is 23.2 Å². The molecule has 0 radical (unpaired) electrons. The summed E-state index contributed by atoms with van der Waals surface area (Å²) in [4.78, 5) is 14.0. The number of likely N-dealkylation sites (tertiary alicyclic amines) is 1. The summed E-state index contributed by atoms with van der Waals surface area (Å²) in [5, 5.41) is 13.8. The summed E-state index contributed by atoms with van der Waals surface area (Å²) < 4.78 is 0. The Balaban J connectivity index is 2.14. The van der Waals surface area contributed by atoms with Crippen LogP contribution in [-0.4, -0.2) is 34.2 Å². The van der Waals surface area contributed by atoms with Crippen LogP contribution in [0.25, 0.3) is 0 Å². The summed E-state index contributed by atoms with van der Waals surface area (Å²) >= 11 is 11.9. The number of benzene rings is 1. The Morgan fingerprint density at radius 1 is 1.45 bits per heavy atom. The molecule has 1 aromatic carbocycles. The number of amides is 2. The molecule has 1 aromatic rings. The highest BCUT2D eigenvalue weighted by atomic mass is 35.5. The molecular weight excluding hydrogens is 299 g/mol. The Kier molecular flexibility index (Phi) is 4.47. The van der Waals surface area contributed by atoms with Crippen LogP contribution in [0, 0.1) is 0 Å². The highest BCUT2D eigenvalue weighted by Crippen LogP contribution is 2.29. The maximum absolute atomic E-state index is 12.3. The van der Waals surface area contributed by atoms with Crippen molar-refractivity contribution in [3.05, 3.63) is 28.2 Å². The van der Waals surface area contributed by atoms with Crippen molar-refractivity contribution in [1.29, 1.82) is 0 Å². The van der Waals surface area contributed by atoms with Gasteiger partial charge < -0.3 is 15.3 Å². The molecule has 2 amide bonds. The third-order valence-electron chi connectivity index (χ3n) is 3.50. The molecule has 0 aliphatic carbocycles. The molecule has 6 heteroatoms. The number of rotatable bonds is 2. The van der Waals surface area contributed by atoms with E-state index in [9.17, 15) is 9.90 Å². The first-order valence-electron chi connectivity index (χ1n) is 6.54. The lowest BCUT2D eigenvalue weighted by Gasteiger charge is -2.33. The number of nitrogens with zero attached hydrogens (tertiary/aromatic N) is 1. The van der Waals surface area contributed by atoms with Gasteiger partial charge in [0.25, 0.3) is 0 Å². The average molecular weight is 317 g/mol. The number of hydrogen-bond donors (Lipinski definition) is 2. The zero-order valence-corrected chi connectivity index (χ0v) is 13.0. The van der Waals surface area contributed by atoms with E-state index in [1.165, 1.54) is 0 Å². The maximum atomic E-state index is 12.3. The van der Waals surface area contributed by atoms with Crippen LogP contribution in [0.15, 0.2) is 18.2 Å². The lowest BCUT2D eigenvalue weighted by molar-refractivity contribution is 0.0117. The third-order valence-corrected chi connectivity index (χ3v) is 4.06. The molecule has 1 aliphatic heterocycles. The van der Waals surface area contributed by atoms with Gasteiger partial charge in [-0.15, -0.1) is 0 Å². The van der Waals surface area contributed by atoms with Crippen LogP contribution in [0.3, 0.4) is 0 Å². The second-order valence-electron chi connectivity index (χ2n) is 5.56. The lowest BCUT2D eigenvalue weighted by Crippen LogP contribution is -2.49. The molecule has 110 valence electrons. The molecule has 4 nitrogen and oxygen atoms in total. The Morgan fingerprint density at radius 3 is 2.80 bits per heavy atom. The van der Waals surface area contributed by atoms with Crippen molar-refractivity contribution in [3.8, 4) is 0 Å². The van der Waals surface area contributed by atoms with E-state index in [0.717, 1.165) is 12.8 Å². The monoisotopic (exact) mass is 316 g/mol. The first-order chi connectivity index (χ1) is 9.29. The van der Waals surface area contributed by atoms with Crippen LogP contribution in [0.4, 0.5) is 10.5 Å². The summed E-state index contributed by atoms with van der Waals surface area (Å²) in [5.41, 5.74) is -0.447. The van der Waals surface area contributed by atoms with Crippen molar-refractivity contribution in [2.75, 3.05) is 11.9 Å². The quantitative estimate of drug-likeness (QED) is 0.872. The first kappa shape index (κ1) is 15.4. The highest BCUT2D eigenvalue weighted by molar-refractivity contribution is 6.35. The molecule has 1 heterocycles. The van der Waals surface area contributed by atoms with Crippen molar-refractivity contribution in [2.24, 2.45) is 0 Å². The summed E-state index contributed by atoms with van der Waals surface area (Å²) in [6.45, 7) is 4.06. The number of urea groups is 1. The van der Waals surface area contributed by atoms with Crippen LogP contribution in [0.2, 0.25) is 10.0 Å². The predicted octanol–water partition coefficient (Wildman–Crippen LogP) is 3.76. The van der Waals surface area contributed by atoms with E-state index in [-0.39, 0.29) is 12.1 Å². The van der Waals surface area contributed by atoms with Crippen molar-refractivity contribution < 1.29 is 9.90 Å². The van der Waals surface area contributed by atoms with Gasteiger partial charge in [0.2, 0.25) is 0 Å². The van der Waals surface area contributed by atoms with Crippen LogP contribution in [-0.2, 0) is 0 Å². The summed E-state index contributed by atoms with van der Waals surface area (Å²) in [7, 11) is 0. The maximum Gasteiger partial charge on any atom is 0.322 e. The Hall–Kier alpha value is -0.970. The van der Waals surface area contributed by atoms with Crippen LogP contribution < -0.4 is 5.32 Å². The van der Waals surface area contributed by atoms with E-state index in [0.29, 0.717) is 22.3 Å². The van der Waals surface area contributed by atoms with Gasteiger partial charge in [0.1, 0.15) is 0 Å². The van der Waals surface area contributed by atoms with Crippen LogP contribution in [0.1, 0.15) is 26.7 Å². The SMILES string of the molecule is CC(C)(O)[C@H]1CCCN1C(=O)Nc1cc(Cl)ccc1Cl. The molecule has 1 atom stereocenters. The van der Waals surface area contributed by atoms with Crippen molar-refractivity contribution in [2.45, 2.75) is 38.3 Å². The minimum Gasteiger partial charge on any atom is -0.388 e. The molecule has 2 rings (SSSR count).